The van der Waals surface area contributed by atoms with Gasteiger partial charge in [0.15, 0.2) is 0 Å². The molecule has 0 saturated carbocycles. The van der Waals surface area contributed by atoms with Crippen LogP contribution in [-0.4, -0.2) is 28.2 Å². The topological polar surface area (TPSA) is 50.3 Å². The number of amides is 2. The van der Waals surface area contributed by atoms with E-state index in [0.29, 0.717) is 24.1 Å². The van der Waals surface area contributed by atoms with E-state index >= 15 is 0 Å². The highest BCUT2D eigenvalue weighted by molar-refractivity contribution is 7.07. The second-order valence-electron chi connectivity index (χ2n) is 4.23. The minimum atomic E-state index is -0.235. The summed E-state index contributed by atoms with van der Waals surface area (Å²) in [6.07, 6.45) is 0.447. The van der Waals surface area contributed by atoms with E-state index in [2.05, 4.69) is 16.8 Å². The van der Waals surface area contributed by atoms with Gasteiger partial charge < -0.3 is 0 Å². The zero-order valence-corrected chi connectivity index (χ0v) is 11.3. The molecule has 3 rings (SSSR count). The fourth-order valence-electron chi connectivity index (χ4n) is 2.04. The Bertz CT molecular complexity index is 691. The van der Waals surface area contributed by atoms with Gasteiger partial charge in [-0.1, -0.05) is 18.1 Å². The van der Waals surface area contributed by atoms with Crippen LogP contribution in [-0.2, 0) is 0 Å². The predicted molar refractivity (Wildman–Crippen MR) is 75.4 cm³/mol. The maximum Gasteiger partial charge on any atom is 0.261 e. The number of fused-ring (bicyclic) bond motifs is 1. The van der Waals surface area contributed by atoms with E-state index in [-0.39, 0.29) is 11.8 Å². The Morgan fingerprint density at radius 2 is 1.85 bits per heavy atom. The van der Waals surface area contributed by atoms with Crippen LogP contribution in [0.25, 0.3) is 0 Å². The fraction of sp³-hybridized carbons (Fsp3) is 0.133. The van der Waals surface area contributed by atoms with E-state index in [4.69, 9.17) is 0 Å². The average molecular weight is 282 g/mol. The van der Waals surface area contributed by atoms with Crippen LogP contribution in [0.2, 0.25) is 0 Å². The number of hydrogen-bond acceptors (Lipinski definition) is 4. The molecule has 0 bridgehead atoms. The van der Waals surface area contributed by atoms with Crippen molar-refractivity contribution in [2.45, 2.75) is 6.42 Å². The molecule has 1 aromatic heterocycles. The molecule has 20 heavy (non-hydrogen) atoms. The monoisotopic (exact) mass is 282 g/mol. The van der Waals surface area contributed by atoms with Gasteiger partial charge in [-0.05, 0) is 18.1 Å². The van der Waals surface area contributed by atoms with Crippen LogP contribution in [0.3, 0.4) is 0 Å². The second kappa shape index (κ2) is 5.27. The first kappa shape index (κ1) is 12.6. The lowest BCUT2D eigenvalue weighted by Crippen LogP contribution is -2.30. The summed E-state index contributed by atoms with van der Waals surface area (Å²) in [7, 11) is 0. The number of thiazole rings is 1. The van der Waals surface area contributed by atoms with Crippen LogP contribution < -0.4 is 0 Å². The van der Waals surface area contributed by atoms with E-state index in [1.54, 1.807) is 29.8 Å². The van der Waals surface area contributed by atoms with Crippen LogP contribution in [0.5, 0.6) is 0 Å². The molecule has 5 heteroatoms. The van der Waals surface area contributed by atoms with Crippen molar-refractivity contribution < 1.29 is 9.59 Å². The van der Waals surface area contributed by atoms with Gasteiger partial charge in [-0.15, -0.1) is 11.3 Å². The number of nitrogens with zero attached hydrogens (tertiary/aromatic N) is 2. The van der Waals surface area contributed by atoms with E-state index in [1.165, 1.54) is 16.2 Å². The molecule has 2 aromatic rings. The second-order valence-corrected chi connectivity index (χ2v) is 4.95. The highest BCUT2D eigenvalue weighted by Gasteiger charge is 2.34. The largest absolute Gasteiger partial charge is 0.273 e. The van der Waals surface area contributed by atoms with Crippen molar-refractivity contribution in [2.75, 3.05) is 6.54 Å². The summed E-state index contributed by atoms with van der Waals surface area (Å²) in [6.45, 7) is 0.309. The van der Waals surface area contributed by atoms with Crippen molar-refractivity contribution in [1.29, 1.82) is 0 Å². The zero-order valence-electron chi connectivity index (χ0n) is 10.5. The minimum absolute atomic E-state index is 0.235. The summed E-state index contributed by atoms with van der Waals surface area (Å²) >= 11 is 1.48. The Hall–Kier alpha value is -2.45. The van der Waals surface area contributed by atoms with E-state index in [0.717, 1.165) is 5.69 Å². The molecular weight excluding hydrogens is 272 g/mol. The van der Waals surface area contributed by atoms with Crippen LogP contribution in [0, 0.1) is 11.8 Å². The van der Waals surface area contributed by atoms with Crippen LogP contribution in [0.4, 0.5) is 0 Å². The maximum atomic E-state index is 12.1. The molecule has 0 atom stereocenters. The first-order valence-corrected chi connectivity index (χ1v) is 7.04. The lowest BCUT2D eigenvalue weighted by atomic mass is 10.1. The number of carbonyl (C=O) groups is 2. The van der Waals surface area contributed by atoms with Gasteiger partial charge in [-0.3, -0.25) is 14.5 Å². The van der Waals surface area contributed by atoms with Gasteiger partial charge in [-0.2, -0.15) is 0 Å². The number of rotatable bonds is 2. The summed E-state index contributed by atoms with van der Waals surface area (Å²) in [4.78, 5) is 29.4. The lowest BCUT2D eigenvalue weighted by molar-refractivity contribution is 0.0658. The zero-order chi connectivity index (χ0) is 13.9. The van der Waals surface area contributed by atoms with Gasteiger partial charge >= 0.3 is 0 Å². The summed E-state index contributed by atoms with van der Waals surface area (Å²) in [5, 5.41) is 1.86. The summed E-state index contributed by atoms with van der Waals surface area (Å²) < 4.78 is 0. The van der Waals surface area contributed by atoms with Gasteiger partial charge in [-0.25, -0.2) is 4.98 Å². The molecule has 0 aliphatic carbocycles. The standard InChI is InChI=1S/C15H10N2O2S/c18-14-12-6-1-2-7-13(12)15(19)17(14)8-4-3-5-11-9-20-10-16-11/h1-2,6-7,9-10H,4,8H2. The Labute approximate surface area is 120 Å². The SMILES string of the molecule is O=C1c2ccccc2C(=O)N1CCC#Cc1cscn1. The van der Waals surface area contributed by atoms with E-state index in [1.807, 2.05) is 5.38 Å². The van der Waals surface area contributed by atoms with Gasteiger partial charge in [0.25, 0.3) is 11.8 Å². The molecule has 1 aromatic carbocycles. The minimum Gasteiger partial charge on any atom is -0.273 e. The predicted octanol–water partition coefficient (Wildman–Crippen LogP) is 2.18. The highest BCUT2D eigenvalue weighted by atomic mass is 32.1. The van der Waals surface area contributed by atoms with E-state index < -0.39 is 0 Å². The molecule has 0 radical (unpaired) electrons. The van der Waals surface area contributed by atoms with Crippen LogP contribution >= 0.6 is 11.3 Å². The smallest absolute Gasteiger partial charge is 0.261 e. The van der Waals surface area contributed by atoms with Gasteiger partial charge in [0.1, 0.15) is 5.69 Å². The third-order valence-corrected chi connectivity index (χ3v) is 3.57. The van der Waals surface area contributed by atoms with Crippen LogP contribution in [0.15, 0.2) is 35.2 Å². The Kier molecular flexibility index (Phi) is 3.32. The first-order valence-electron chi connectivity index (χ1n) is 6.09. The highest BCUT2D eigenvalue weighted by Crippen LogP contribution is 2.22. The average Bonchev–Trinajstić information content (AvgIpc) is 3.06. The molecule has 98 valence electrons. The Morgan fingerprint density at radius 3 is 2.45 bits per heavy atom. The Balaban J connectivity index is 1.68. The first-order chi connectivity index (χ1) is 9.77. The number of carbonyl (C=O) groups excluding carboxylic acids is 2. The molecule has 0 unspecified atom stereocenters. The van der Waals surface area contributed by atoms with Crippen molar-refractivity contribution in [3.05, 3.63) is 52.0 Å². The lowest BCUT2D eigenvalue weighted by Gasteiger charge is -2.10. The summed E-state index contributed by atoms with van der Waals surface area (Å²) in [5.41, 5.74) is 3.39. The van der Waals surface area contributed by atoms with Crippen molar-refractivity contribution >= 4 is 23.2 Å². The Morgan fingerprint density at radius 1 is 1.15 bits per heavy atom. The van der Waals surface area contributed by atoms with Crippen molar-refractivity contribution in [3.8, 4) is 11.8 Å². The summed E-state index contributed by atoms with van der Waals surface area (Å²) in [6, 6.07) is 6.87. The third-order valence-electron chi connectivity index (χ3n) is 2.99. The molecule has 0 saturated heterocycles. The molecule has 1 aliphatic rings. The quantitative estimate of drug-likeness (QED) is 0.626. The normalized spacial score (nSPS) is 13.1. The third kappa shape index (κ3) is 2.22. The number of benzene rings is 1. The molecule has 0 spiro atoms. The number of hydrogen-bond donors (Lipinski definition) is 0. The number of imide groups is 1. The molecule has 0 fully saturated rings. The molecule has 2 amide bonds. The van der Waals surface area contributed by atoms with Gasteiger partial charge in [0.05, 0.1) is 16.6 Å². The van der Waals surface area contributed by atoms with E-state index in [9.17, 15) is 9.59 Å². The fourth-order valence-corrected chi connectivity index (χ4v) is 2.52. The van der Waals surface area contributed by atoms with Crippen molar-refractivity contribution in [2.24, 2.45) is 0 Å². The van der Waals surface area contributed by atoms with Gasteiger partial charge in [0, 0.05) is 18.3 Å². The van der Waals surface area contributed by atoms with Gasteiger partial charge in [0.2, 0.25) is 0 Å². The summed E-state index contributed by atoms with van der Waals surface area (Å²) in [5.74, 6) is 5.36. The number of aromatic nitrogens is 1. The maximum absolute atomic E-state index is 12.1. The van der Waals surface area contributed by atoms with Crippen molar-refractivity contribution in [3.63, 3.8) is 0 Å². The molecular formula is C15H10N2O2S. The molecule has 4 nitrogen and oxygen atoms in total. The van der Waals surface area contributed by atoms with Crippen molar-refractivity contribution in [1.82, 2.24) is 9.88 Å². The molecule has 0 N–H and O–H groups in total. The molecule has 2 heterocycles. The van der Waals surface area contributed by atoms with Crippen LogP contribution in [0.1, 0.15) is 32.8 Å². The molecule has 1 aliphatic heterocycles.